The summed E-state index contributed by atoms with van der Waals surface area (Å²) in [6, 6.07) is 9.39. The van der Waals surface area contributed by atoms with Gasteiger partial charge in [0.05, 0.1) is 6.04 Å². The van der Waals surface area contributed by atoms with Gasteiger partial charge in [0.1, 0.15) is 0 Å². The third-order valence-electron chi connectivity index (χ3n) is 6.95. The maximum atomic E-state index is 3.80. The Labute approximate surface area is 132 Å². The summed E-state index contributed by atoms with van der Waals surface area (Å²) in [7, 11) is 0. The highest BCUT2D eigenvalue weighted by molar-refractivity contribution is 5.85. The van der Waals surface area contributed by atoms with Crippen molar-refractivity contribution in [1.82, 2.24) is 9.88 Å². The molecule has 1 aromatic carbocycles. The van der Waals surface area contributed by atoms with E-state index < -0.39 is 0 Å². The topological polar surface area (TPSA) is 19.0 Å². The number of H-pyrrole nitrogens is 1. The highest BCUT2D eigenvalue weighted by atomic mass is 15.2. The van der Waals surface area contributed by atoms with E-state index in [9.17, 15) is 0 Å². The fourth-order valence-corrected chi connectivity index (χ4v) is 5.47. The fourth-order valence-electron chi connectivity index (χ4n) is 5.47. The van der Waals surface area contributed by atoms with Crippen LogP contribution in [0, 0.1) is 10.8 Å². The maximum absolute atomic E-state index is 3.80. The number of hydrogen-bond donors (Lipinski definition) is 1. The smallest absolute Gasteiger partial charge is 0.0564 e. The third kappa shape index (κ3) is 1.40. The molecule has 0 saturated carbocycles. The summed E-state index contributed by atoms with van der Waals surface area (Å²) in [5.41, 5.74) is 5.16. The zero-order valence-corrected chi connectivity index (χ0v) is 13.5. The molecule has 1 N–H and O–H groups in total. The zero-order valence-electron chi connectivity index (χ0n) is 13.5. The summed E-state index contributed by atoms with van der Waals surface area (Å²) in [6.07, 6.45) is 8.45. The highest BCUT2D eigenvalue weighted by Gasteiger charge is 2.59. The van der Waals surface area contributed by atoms with Crippen molar-refractivity contribution in [3.8, 4) is 0 Å². The van der Waals surface area contributed by atoms with Crippen molar-refractivity contribution in [3.63, 3.8) is 0 Å². The van der Waals surface area contributed by atoms with Crippen LogP contribution >= 0.6 is 0 Å². The first-order chi connectivity index (χ1) is 10.6. The lowest BCUT2D eigenvalue weighted by Gasteiger charge is -2.46. The molecule has 0 spiro atoms. The molecule has 2 heteroatoms. The van der Waals surface area contributed by atoms with Crippen LogP contribution in [-0.4, -0.2) is 23.0 Å². The number of aromatic nitrogens is 1. The Hall–Kier alpha value is -1.54. The van der Waals surface area contributed by atoms with Crippen LogP contribution in [0.1, 0.15) is 44.0 Å². The molecule has 1 fully saturated rings. The van der Waals surface area contributed by atoms with E-state index in [1.54, 1.807) is 5.56 Å². The Kier molecular flexibility index (Phi) is 2.38. The molecule has 22 heavy (non-hydrogen) atoms. The first-order valence-electron chi connectivity index (χ1n) is 8.61. The number of rotatable bonds is 0. The molecule has 5 rings (SSSR count). The summed E-state index contributed by atoms with van der Waals surface area (Å²) in [5.74, 6) is 0. The van der Waals surface area contributed by atoms with Crippen molar-refractivity contribution in [2.75, 3.05) is 13.1 Å². The van der Waals surface area contributed by atoms with Gasteiger partial charge in [-0.2, -0.15) is 0 Å². The quantitative estimate of drug-likeness (QED) is 0.711. The Balaban J connectivity index is 1.74. The summed E-state index contributed by atoms with van der Waals surface area (Å²) >= 11 is 0. The zero-order chi connectivity index (χ0) is 14.9. The highest BCUT2D eigenvalue weighted by Crippen LogP contribution is 2.63. The molecule has 2 nitrogen and oxygen atoms in total. The molecule has 0 bridgehead atoms. The van der Waals surface area contributed by atoms with E-state index >= 15 is 0 Å². The van der Waals surface area contributed by atoms with E-state index in [-0.39, 0.29) is 0 Å². The number of hydrogen-bond acceptors (Lipinski definition) is 1. The molecule has 2 aromatic rings. The molecular weight excluding hydrogens is 268 g/mol. The molecule has 2 aliphatic heterocycles. The van der Waals surface area contributed by atoms with Gasteiger partial charge in [0, 0.05) is 29.7 Å². The Morgan fingerprint density at radius 1 is 1.14 bits per heavy atom. The average molecular weight is 292 g/mol. The van der Waals surface area contributed by atoms with Crippen LogP contribution in [0.4, 0.5) is 0 Å². The second-order valence-electron chi connectivity index (χ2n) is 8.04. The van der Waals surface area contributed by atoms with Crippen molar-refractivity contribution >= 4 is 10.9 Å². The van der Waals surface area contributed by atoms with Crippen molar-refractivity contribution in [3.05, 3.63) is 47.7 Å². The molecule has 3 aliphatic rings. The maximum Gasteiger partial charge on any atom is 0.0564 e. The molecular formula is C20H24N2. The van der Waals surface area contributed by atoms with Crippen LogP contribution < -0.4 is 0 Å². The van der Waals surface area contributed by atoms with Crippen molar-refractivity contribution in [2.24, 2.45) is 10.8 Å². The van der Waals surface area contributed by atoms with Gasteiger partial charge in [-0.3, -0.25) is 4.90 Å². The molecule has 0 radical (unpaired) electrons. The van der Waals surface area contributed by atoms with E-state index in [0.717, 1.165) is 0 Å². The van der Waals surface area contributed by atoms with Crippen LogP contribution in [0.15, 0.2) is 36.4 Å². The first-order valence-corrected chi connectivity index (χ1v) is 8.61. The summed E-state index contributed by atoms with van der Waals surface area (Å²) < 4.78 is 0. The number of para-hydroxylation sites is 1. The monoisotopic (exact) mass is 292 g/mol. The second-order valence-corrected chi connectivity index (χ2v) is 8.04. The minimum Gasteiger partial charge on any atom is -0.357 e. The van der Waals surface area contributed by atoms with E-state index in [2.05, 4.69) is 60.1 Å². The predicted molar refractivity (Wildman–Crippen MR) is 90.9 cm³/mol. The van der Waals surface area contributed by atoms with Gasteiger partial charge in [-0.25, -0.2) is 0 Å². The van der Waals surface area contributed by atoms with Crippen molar-refractivity contribution in [2.45, 2.75) is 39.2 Å². The van der Waals surface area contributed by atoms with Crippen LogP contribution in [-0.2, 0) is 6.42 Å². The largest absolute Gasteiger partial charge is 0.357 e. The van der Waals surface area contributed by atoms with Gasteiger partial charge in [0.15, 0.2) is 0 Å². The van der Waals surface area contributed by atoms with Gasteiger partial charge < -0.3 is 4.98 Å². The fraction of sp³-hybridized carbons (Fsp3) is 0.500. The predicted octanol–water partition coefficient (Wildman–Crippen LogP) is 4.44. The molecule has 1 aromatic heterocycles. The number of fused-ring (bicyclic) bond motifs is 7. The number of nitrogens with one attached hydrogen (secondary N) is 1. The number of allylic oxidation sites excluding steroid dienone is 2. The van der Waals surface area contributed by atoms with E-state index in [1.807, 2.05) is 0 Å². The van der Waals surface area contributed by atoms with Gasteiger partial charge in [0.2, 0.25) is 0 Å². The molecule has 1 saturated heterocycles. The van der Waals surface area contributed by atoms with Gasteiger partial charge in [0.25, 0.3) is 0 Å². The molecule has 3 heterocycles. The van der Waals surface area contributed by atoms with Gasteiger partial charge in [-0.1, -0.05) is 44.2 Å². The van der Waals surface area contributed by atoms with Gasteiger partial charge in [-0.05, 0) is 41.7 Å². The number of aromatic amines is 1. The standard InChI is InChI=1S/C20H24N2/c1-19-10-5-6-11-20(19,2)18-17-15(9-12-22(18)13-19)14-7-3-4-8-16(14)21-17/h3-8,18,21H,9-13H2,1-2H3/t18-,19+,20+/m0/s1. The van der Waals surface area contributed by atoms with Crippen LogP contribution in [0.5, 0.6) is 0 Å². The minimum absolute atomic E-state index is 0.345. The minimum atomic E-state index is 0.345. The Bertz CT molecular complexity index is 786. The van der Waals surface area contributed by atoms with Gasteiger partial charge >= 0.3 is 0 Å². The first kappa shape index (κ1) is 13.0. The van der Waals surface area contributed by atoms with E-state index in [4.69, 9.17) is 0 Å². The van der Waals surface area contributed by atoms with E-state index in [0.29, 0.717) is 16.9 Å². The lowest BCUT2D eigenvalue weighted by Crippen LogP contribution is -2.40. The molecule has 0 unspecified atom stereocenters. The second kappa shape index (κ2) is 4.05. The number of benzene rings is 1. The SMILES string of the molecule is C[C@]12CC=CC[C@]1(C)[C@@H]1c3[nH]c4ccccc4c3CCN1C2. The number of nitrogens with zero attached hydrogens (tertiary/aromatic N) is 1. The molecule has 114 valence electrons. The molecule has 0 amide bonds. The molecule has 1 aliphatic carbocycles. The average Bonchev–Trinajstić information content (AvgIpc) is 2.99. The summed E-state index contributed by atoms with van der Waals surface area (Å²) in [6.45, 7) is 7.50. The lowest BCUT2D eigenvalue weighted by molar-refractivity contribution is 0.0856. The van der Waals surface area contributed by atoms with E-state index in [1.165, 1.54) is 48.9 Å². The van der Waals surface area contributed by atoms with Crippen LogP contribution in [0.2, 0.25) is 0 Å². The summed E-state index contributed by atoms with van der Waals surface area (Å²) in [4.78, 5) is 6.55. The third-order valence-corrected chi connectivity index (χ3v) is 6.95. The van der Waals surface area contributed by atoms with Crippen molar-refractivity contribution in [1.29, 1.82) is 0 Å². The van der Waals surface area contributed by atoms with Crippen molar-refractivity contribution < 1.29 is 0 Å². The lowest BCUT2D eigenvalue weighted by atomic mass is 9.58. The van der Waals surface area contributed by atoms with Crippen LogP contribution in [0.3, 0.4) is 0 Å². The van der Waals surface area contributed by atoms with Crippen LogP contribution in [0.25, 0.3) is 10.9 Å². The Morgan fingerprint density at radius 3 is 2.86 bits per heavy atom. The van der Waals surface area contributed by atoms with Gasteiger partial charge in [-0.15, -0.1) is 0 Å². The normalized spacial score (nSPS) is 37.1. The summed E-state index contributed by atoms with van der Waals surface area (Å²) in [5, 5.41) is 1.45. The molecule has 3 atom stereocenters. The Morgan fingerprint density at radius 2 is 1.95 bits per heavy atom.